The third kappa shape index (κ3) is 6.13. The van der Waals surface area contributed by atoms with Gasteiger partial charge in [0, 0.05) is 56.4 Å². The number of nitrogens with zero attached hydrogens (tertiary/aromatic N) is 5. The number of fused-ring (bicyclic) bond motifs is 1. The van der Waals surface area contributed by atoms with Gasteiger partial charge in [0.1, 0.15) is 23.7 Å². The van der Waals surface area contributed by atoms with Crippen LogP contribution in [0.2, 0.25) is 0 Å². The first kappa shape index (κ1) is 33.1. The predicted molar refractivity (Wildman–Crippen MR) is 164 cm³/mol. The lowest BCUT2D eigenvalue weighted by Crippen LogP contribution is -2.56. The molecule has 2 aromatic carbocycles. The lowest BCUT2D eigenvalue weighted by Gasteiger charge is -2.39. The topological polar surface area (TPSA) is 133 Å². The average Bonchev–Trinajstić information content (AvgIpc) is 3.48. The lowest BCUT2D eigenvalue weighted by molar-refractivity contribution is -0.137. The fourth-order valence-corrected chi connectivity index (χ4v) is 6.66. The molecule has 1 aromatic heterocycles. The summed E-state index contributed by atoms with van der Waals surface area (Å²) >= 11 is 0. The number of alkyl halides is 3. The van der Waals surface area contributed by atoms with Crippen molar-refractivity contribution in [3.8, 4) is 6.07 Å². The van der Waals surface area contributed by atoms with Crippen LogP contribution in [0.1, 0.15) is 69.3 Å². The fourth-order valence-electron chi connectivity index (χ4n) is 6.66. The van der Waals surface area contributed by atoms with E-state index in [4.69, 9.17) is 9.84 Å². The van der Waals surface area contributed by atoms with Crippen LogP contribution in [0.15, 0.2) is 48.5 Å². The summed E-state index contributed by atoms with van der Waals surface area (Å²) < 4.78 is 62.0. The zero-order chi connectivity index (χ0) is 34.2. The third-order valence-corrected chi connectivity index (χ3v) is 9.03. The number of nitrogens with one attached hydrogen (secondary N) is 2. The standard InChI is InChI=1S/C33H33F4N7O4/c1-2-42-30-26(28(41-44(30)23-10-14-48-15-11-23)32(47)43-13-12-39-18-24(43)17-38)25(19-6-8-22(34)9-7-19)27(31(42)46)40-29(45)20-4-3-5-21(16-20)33(35,36)37/h3-9,16,23-25,27,39H,2,10-15,18H2,1H3,(H,40,45)/t24?,25-,27-/m0/s1. The van der Waals surface area contributed by atoms with E-state index >= 15 is 0 Å². The summed E-state index contributed by atoms with van der Waals surface area (Å²) in [7, 11) is 0. The second-order valence-corrected chi connectivity index (χ2v) is 11.9. The maximum Gasteiger partial charge on any atom is 0.416 e. The minimum Gasteiger partial charge on any atom is -0.381 e. The molecular weight excluding hydrogens is 634 g/mol. The number of likely N-dealkylation sites (N-methyl/N-ethyl adjacent to an activating group) is 1. The maximum absolute atomic E-state index is 14.4. The highest BCUT2D eigenvalue weighted by Crippen LogP contribution is 2.45. The zero-order valence-electron chi connectivity index (χ0n) is 26.0. The van der Waals surface area contributed by atoms with Gasteiger partial charge in [-0.1, -0.05) is 18.2 Å². The van der Waals surface area contributed by atoms with Gasteiger partial charge in [-0.2, -0.15) is 23.5 Å². The molecular formula is C33H33F4N7O4. The van der Waals surface area contributed by atoms with E-state index in [2.05, 4.69) is 16.7 Å². The third-order valence-electron chi connectivity index (χ3n) is 9.03. The summed E-state index contributed by atoms with van der Waals surface area (Å²) in [5.74, 6) is -3.40. The Morgan fingerprint density at radius 3 is 2.54 bits per heavy atom. The number of nitriles is 1. The highest BCUT2D eigenvalue weighted by atomic mass is 19.4. The van der Waals surface area contributed by atoms with Gasteiger partial charge in [-0.25, -0.2) is 9.07 Å². The molecule has 3 amide bonds. The molecule has 3 aromatic rings. The predicted octanol–water partition coefficient (Wildman–Crippen LogP) is 3.63. The number of carbonyl (C=O) groups excluding carboxylic acids is 3. The Hall–Kier alpha value is -4.81. The van der Waals surface area contributed by atoms with Crippen molar-refractivity contribution in [1.82, 2.24) is 25.3 Å². The number of benzene rings is 2. The molecule has 0 saturated carbocycles. The van der Waals surface area contributed by atoms with Gasteiger partial charge in [-0.15, -0.1) is 0 Å². The number of halogens is 4. The number of hydrogen-bond donors (Lipinski definition) is 2. The molecule has 11 nitrogen and oxygen atoms in total. The van der Waals surface area contributed by atoms with E-state index in [9.17, 15) is 37.2 Å². The van der Waals surface area contributed by atoms with Crippen molar-refractivity contribution in [3.63, 3.8) is 0 Å². The molecule has 2 fully saturated rings. The van der Waals surface area contributed by atoms with Gasteiger partial charge in [0.05, 0.1) is 17.7 Å². The Kier molecular flexibility index (Phi) is 9.22. The Balaban J connectivity index is 1.54. The lowest BCUT2D eigenvalue weighted by atomic mass is 9.80. The first-order valence-electron chi connectivity index (χ1n) is 15.7. The second-order valence-electron chi connectivity index (χ2n) is 11.9. The van der Waals surface area contributed by atoms with Crippen molar-refractivity contribution in [2.75, 3.05) is 44.3 Å². The Bertz CT molecular complexity index is 1750. The summed E-state index contributed by atoms with van der Waals surface area (Å²) in [6, 6.07) is 8.75. The minimum absolute atomic E-state index is 0.0303. The fraction of sp³-hybridized carbons (Fsp3) is 0.424. The molecule has 2 N–H and O–H groups in total. The van der Waals surface area contributed by atoms with Gasteiger partial charge in [-0.05, 0) is 55.7 Å². The van der Waals surface area contributed by atoms with Crippen LogP contribution in [0.25, 0.3) is 0 Å². The second kappa shape index (κ2) is 13.4. The van der Waals surface area contributed by atoms with Gasteiger partial charge in [0.2, 0.25) is 0 Å². The van der Waals surface area contributed by atoms with E-state index in [1.54, 1.807) is 11.6 Å². The number of rotatable bonds is 6. The minimum atomic E-state index is -4.71. The van der Waals surface area contributed by atoms with Gasteiger partial charge in [0.15, 0.2) is 5.69 Å². The maximum atomic E-state index is 14.4. The highest BCUT2D eigenvalue weighted by molar-refractivity contribution is 6.07. The molecule has 3 aliphatic rings. The molecule has 0 spiro atoms. The van der Waals surface area contributed by atoms with E-state index in [0.29, 0.717) is 55.6 Å². The van der Waals surface area contributed by atoms with E-state index in [1.807, 2.05) is 0 Å². The molecule has 252 valence electrons. The number of hydrogen-bond acceptors (Lipinski definition) is 7. The van der Waals surface area contributed by atoms with Crippen LogP contribution in [-0.2, 0) is 15.7 Å². The summed E-state index contributed by atoms with van der Waals surface area (Å²) in [4.78, 5) is 45.3. The normalized spacial score (nSPS) is 21.8. The Morgan fingerprint density at radius 2 is 1.88 bits per heavy atom. The smallest absolute Gasteiger partial charge is 0.381 e. The monoisotopic (exact) mass is 667 g/mol. The summed E-state index contributed by atoms with van der Waals surface area (Å²) in [6.07, 6.45) is -3.63. The average molecular weight is 668 g/mol. The Labute approximate surface area is 273 Å². The largest absolute Gasteiger partial charge is 0.416 e. The van der Waals surface area contributed by atoms with Crippen molar-refractivity contribution >= 4 is 23.5 Å². The molecule has 3 atom stereocenters. The van der Waals surface area contributed by atoms with E-state index < -0.39 is 53.3 Å². The van der Waals surface area contributed by atoms with Crippen molar-refractivity contribution in [2.24, 2.45) is 0 Å². The van der Waals surface area contributed by atoms with Crippen LogP contribution < -0.4 is 15.5 Å². The van der Waals surface area contributed by atoms with Crippen LogP contribution >= 0.6 is 0 Å². The van der Waals surface area contributed by atoms with Gasteiger partial charge >= 0.3 is 6.18 Å². The molecule has 15 heteroatoms. The Morgan fingerprint density at radius 1 is 1.15 bits per heavy atom. The van der Waals surface area contributed by atoms with Crippen LogP contribution in [0.4, 0.5) is 23.4 Å². The van der Waals surface area contributed by atoms with Crippen LogP contribution in [0, 0.1) is 17.1 Å². The van der Waals surface area contributed by atoms with Crippen molar-refractivity contribution < 1.29 is 36.7 Å². The highest BCUT2D eigenvalue weighted by Gasteiger charge is 2.48. The number of aromatic nitrogens is 2. The summed E-state index contributed by atoms with van der Waals surface area (Å²) in [5.41, 5.74) is -0.724. The quantitative estimate of drug-likeness (QED) is 0.384. The molecule has 2 saturated heterocycles. The molecule has 6 rings (SSSR count). The molecule has 4 heterocycles. The molecule has 0 aliphatic carbocycles. The number of anilines is 1. The van der Waals surface area contributed by atoms with E-state index in [1.165, 1.54) is 40.1 Å². The molecule has 0 bridgehead atoms. The molecule has 48 heavy (non-hydrogen) atoms. The number of ether oxygens (including phenoxy) is 1. The first-order chi connectivity index (χ1) is 23.0. The van der Waals surface area contributed by atoms with Crippen molar-refractivity contribution in [1.29, 1.82) is 5.26 Å². The number of amides is 3. The SMILES string of the molecule is CCN1C(=O)[C@@H](NC(=O)c2cccc(C(F)(F)F)c2)[C@@H](c2ccc(F)cc2)c2c(C(=O)N3CCNCC3C#N)nn(C3CCOCC3)c21. The van der Waals surface area contributed by atoms with Gasteiger partial charge < -0.3 is 20.3 Å². The van der Waals surface area contributed by atoms with Crippen LogP contribution in [0.3, 0.4) is 0 Å². The molecule has 3 aliphatic heterocycles. The van der Waals surface area contributed by atoms with Crippen LogP contribution in [-0.4, -0.2) is 83.9 Å². The van der Waals surface area contributed by atoms with Gasteiger partial charge in [-0.3, -0.25) is 19.3 Å². The number of piperazine rings is 1. The van der Waals surface area contributed by atoms with Gasteiger partial charge in [0.25, 0.3) is 17.7 Å². The van der Waals surface area contributed by atoms with Crippen LogP contribution in [0.5, 0.6) is 0 Å². The van der Waals surface area contributed by atoms with Crippen molar-refractivity contribution in [2.45, 2.75) is 50.0 Å². The van der Waals surface area contributed by atoms with E-state index in [-0.39, 0.29) is 36.9 Å². The van der Waals surface area contributed by atoms with Crippen molar-refractivity contribution in [3.05, 3.63) is 82.3 Å². The molecule has 0 radical (unpaired) electrons. The summed E-state index contributed by atoms with van der Waals surface area (Å²) in [5, 5.41) is 20.4. The summed E-state index contributed by atoms with van der Waals surface area (Å²) in [6.45, 7) is 3.56. The first-order valence-corrected chi connectivity index (χ1v) is 15.7. The zero-order valence-corrected chi connectivity index (χ0v) is 26.0. The number of carbonyl (C=O) groups is 3. The molecule has 1 unspecified atom stereocenters. The van der Waals surface area contributed by atoms with E-state index in [0.717, 1.165) is 12.1 Å².